The van der Waals surface area contributed by atoms with Crippen LogP contribution in [0, 0.1) is 11.3 Å². The topological polar surface area (TPSA) is 92.1 Å². The van der Waals surface area contributed by atoms with Crippen molar-refractivity contribution in [2.75, 3.05) is 31.2 Å². The summed E-state index contributed by atoms with van der Waals surface area (Å²) in [5.74, 6) is 0.888. The van der Waals surface area contributed by atoms with Gasteiger partial charge in [-0.2, -0.15) is 0 Å². The zero-order valence-electron chi connectivity index (χ0n) is 22.9. The van der Waals surface area contributed by atoms with E-state index in [0.29, 0.717) is 49.7 Å². The molecule has 1 aromatic rings. The van der Waals surface area contributed by atoms with Crippen LogP contribution in [0.4, 0.5) is 5.69 Å². The van der Waals surface area contributed by atoms with Crippen molar-refractivity contribution in [2.24, 2.45) is 5.92 Å². The van der Waals surface area contributed by atoms with E-state index >= 15 is 0 Å². The average molecular weight is 533 g/mol. The third kappa shape index (κ3) is 7.76. The van der Waals surface area contributed by atoms with Gasteiger partial charge in [-0.3, -0.25) is 4.79 Å². The van der Waals surface area contributed by atoms with Gasteiger partial charge in [0.25, 0.3) is 7.41 Å². The molecule has 2 saturated heterocycles. The predicted octanol–water partition coefficient (Wildman–Crippen LogP) is 5.89. The van der Waals surface area contributed by atoms with Crippen LogP contribution in [0.25, 0.3) is 0 Å². The summed E-state index contributed by atoms with van der Waals surface area (Å²) in [6.45, 7) is 2.84. The van der Waals surface area contributed by atoms with E-state index in [1.54, 1.807) is 0 Å². The number of hydrogen-bond acceptors (Lipinski definition) is 6. The lowest BCUT2D eigenvalue weighted by Crippen LogP contribution is -2.36. The second-order valence-corrected chi connectivity index (χ2v) is 11.4. The van der Waals surface area contributed by atoms with E-state index in [2.05, 4.69) is 48.6 Å². The predicted molar refractivity (Wildman–Crippen MR) is 154 cm³/mol. The Morgan fingerprint density at radius 1 is 1.10 bits per heavy atom. The Hall–Kier alpha value is -2.58. The summed E-state index contributed by atoms with van der Waals surface area (Å²) in [7, 11) is 2.18. The van der Waals surface area contributed by atoms with E-state index in [9.17, 15) is 4.79 Å². The summed E-state index contributed by atoms with van der Waals surface area (Å²) in [4.78, 5) is 13.3. The zero-order chi connectivity index (χ0) is 27.0. The number of carboxylic acid groups (broad SMARTS) is 1. The van der Waals surface area contributed by atoms with Crippen molar-refractivity contribution in [1.82, 2.24) is 0 Å². The minimum atomic E-state index is -0.679. The highest BCUT2D eigenvalue weighted by atomic mass is 16.5. The molecule has 39 heavy (non-hydrogen) atoms. The van der Waals surface area contributed by atoms with Gasteiger partial charge >= 0.3 is 5.97 Å². The van der Waals surface area contributed by atoms with Crippen molar-refractivity contribution < 1.29 is 24.1 Å². The van der Waals surface area contributed by atoms with Crippen LogP contribution in [0.3, 0.4) is 0 Å². The van der Waals surface area contributed by atoms with Crippen LogP contribution >= 0.6 is 0 Å². The molecule has 2 aliphatic carbocycles. The highest BCUT2D eigenvalue weighted by Gasteiger charge is 2.32. The fourth-order valence-corrected chi connectivity index (χ4v) is 6.39. The molecule has 1 aromatic carbocycles. The summed E-state index contributed by atoms with van der Waals surface area (Å²) in [5, 5.41) is 17.9. The van der Waals surface area contributed by atoms with Crippen LogP contribution in [0.5, 0.6) is 0 Å². The van der Waals surface area contributed by atoms with Gasteiger partial charge in [-0.05, 0) is 93.1 Å². The number of aliphatic carboxylic acids is 1. The first-order valence-electron chi connectivity index (χ1n) is 14.8. The molecule has 0 aromatic heterocycles. The summed E-state index contributed by atoms with van der Waals surface area (Å²) in [5.41, 5.74) is 3.14. The number of carboxylic acids is 1. The highest BCUT2D eigenvalue weighted by molar-refractivity contribution is 6.49. The molecule has 3 atom stereocenters. The molecular weight excluding hydrogens is 491 g/mol. The van der Waals surface area contributed by atoms with E-state index in [1.165, 1.54) is 5.56 Å². The van der Waals surface area contributed by atoms with Gasteiger partial charge in [0, 0.05) is 43.2 Å². The first-order valence-corrected chi connectivity index (χ1v) is 14.8. The molecule has 4 aliphatic rings. The standard InChI is InChI=1S/C31H42BN2O5/c33-28-5-1-3-26(38-19-16-27-4-2-18-37-27)14-15-29-31(28)32-34(17-20-39-29)25-12-10-24(11-13-25)23-8-6-22(7-9-23)21-30(35)36/h3,10-15,22-23,27,29,31,33H,1-2,4-9,16-21H2,(H,35,36)/b15-14+,26-3+,33-28?. The smallest absolute Gasteiger partial charge is 0.303 e. The fourth-order valence-electron chi connectivity index (χ4n) is 6.39. The Kier molecular flexibility index (Phi) is 9.80. The number of ether oxygens (including phenoxy) is 3. The number of anilines is 1. The van der Waals surface area contributed by atoms with Gasteiger partial charge in [-0.15, -0.1) is 0 Å². The van der Waals surface area contributed by atoms with Crippen molar-refractivity contribution in [1.29, 1.82) is 5.41 Å². The Morgan fingerprint density at radius 3 is 2.67 bits per heavy atom. The number of nitrogens with zero attached hydrogens (tertiary/aromatic N) is 1. The minimum Gasteiger partial charge on any atom is -0.494 e. The molecular formula is C31H42BN2O5. The second-order valence-electron chi connectivity index (χ2n) is 11.4. The first kappa shape index (κ1) is 28.0. The van der Waals surface area contributed by atoms with Crippen LogP contribution in [0.2, 0.25) is 5.82 Å². The van der Waals surface area contributed by atoms with Crippen molar-refractivity contribution >= 4 is 24.8 Å². The van der Waals surface area contributed by atoms with E-state index in [1.807, 2.05) is 6.08 Å². The summed E-state index contributed by atoms with van der Waals surface area (Å²) < 4.78 is 18.1. The number of rotatable bonds is 8. The molecule has 0 bridgehead atoms. The summed E-state index contributed by atoms with van der Waals surface area (Å²) in [6, 6.07) is 8.83. The Balaban J connectivity index is 1.17. The van der Waals surface area contributed by atoms with E-state index in [4.69, 9.17) is 24.7 Å². The lowest BCUT2D eigenvalue weighted by atomic mass is 9.66. The van der Waals surface area contributed by atoms with Gasteiger partial charge in [0.2, 0.25) is 0 Å². The van der Waals surface area contributed by atoms with Crippen molar-refractivity contribution in [3.8, 4) is 0 Å². The van der Waals surface area contributed by atoms with E-state index in [0.717, 1.165) is 76.0 Å². The third-order valence-corrected chi connectivity index (χ3v) is 8.69. The summed E-state index contributed by atoms with van der Waals surface area (Å²) >= 11 is 0. The molecule has 2 heterocycles. The van der Waals surface area contributed by atoms with Gasteiger partial charge in [-0.25, -0.2) is 0 Å². The monoisotopic (exact) mass is 533 g/mol. The molecule has 2 aliphatic heterocycles. The Labute approximate surface area is 233 Å². The molecule has 0 amide bonds. The first-order chi connectivity index (χ1) is 19.0. The van der Waals surface area contributed by atoms with Crippen molar-refractivity contribution in [2.45, 2.75) is 88.2 Å². The van der Waals surface area contributed by atoms with Crippen LogP contribution in [-0.4, -0.2) is 62.8 Å². The maximum absolute atomic E-state index is 11.0. The van der Waals surface area contributed by atoms with E-state index in [-0.39, 0.29) is 11.9 Å². The van der Waals surface area contributed by atoms with Gasteiger partial charge < -0.3 is 29.5 Å². The maximum Gasteiger partial charge on any atom is 0.303 e. The SMILES string of the molecule is N=C1CC/C=C(OCCC2CCCO2)\C=C\C2OCCN(c3ccc(C4CCC(CC(=O)O)CC4)cc3)[B]C12. The zero-order valence-corrected chi connectivity index (χ0v) is 22.9. The number of nitrogens with one attached hydrogen (secondary N) is 1. The maximum atomic E-state index is 11.0. The number of benzene rings is 1. The molecule has 0 spiro atoms. The highest BCUT2D eigenvalue weighted by Crippen LogP contribution is 2.38. The van der Waals surface area contributed by atoms with Gasteiger partial charge in [-0.1, -0.05) is 18.2 Å². The molecule has 1 saturated carbocycles. The number of fused-ring (bicyclic) bond motifs is 1. The number of carbonyl (C=O) groups is 1. The normalized spacial score (nSPS) is 31.9. The minimum absolute atomic E-state index is 0.118. The molecule has 5 rings (SSSR count). The lowest BCUT2D eigenvalue weighted by Gasteiger charge is -2.29. The van der Waals surface area contributed by atoms with Gasteiger partial charge in [0.15, 0.2) is 0 Å². The van der Waals surface area contributed by atoms with Crippen molar-refractivity contribution in [3.05, 3.63) is 53.8 Å². The fraction of sp³-hybridized carbons (Fsp3) is 0.613. The van der Waals surface area contributed by atoms with Gasteiger partial charge in [0.05, 0.1) is 25.4 Å². The van der Waals surface area contributed by atoms with Gasteiger partial charge in [0.1, 0.15) is 5.76 Å². The van der Waals surface area contributed by atoms with Crippen molar-refractivity contribution in [3.63, 3.8) is 0 Å². The molecule has 8 heteroatoms. The number of allylic oxidation sites excluding steroid dienone is 2. The second kappa shape index (κ2) is 13.7. The molecule has 2 N–H and O–H groups in total. The Morgan fingerprint density at radius 2 is 1.92 bits per heavy atom. The van der Waals surface area contributed by atoms with Crippen LogP contribution in [-0.2, 0) is 19.0 Å². The summed E-state index contributed by atoms with van der Waals surface area (Å²) in [6.07, 6.45) is 15.3. The molecule has 7 nitrogen and oxygen atoms in total. The largest absolute Gasteiger partial charge is 0.494 e. The quantitative estimate of drug-likeness (QED) is 0.405. The molecule has 3 unspecified atom stereocenters. The van der Waals surface area contributed by atoms with Crippen LogP contribution in [0.15, 0.2) is 48.3 Å². The van der Waals surface area contributed by atoms with Crippen LogP contribution in [0.1, 0.15) is 75.7 Å². The Bertz CT molecular complexity index is 1030. The lowest BCUT2D eigenvalue weighted by molar-refractivity contribution is -0.138. The molecule has 1 radical (unpaired) electrons. The molecule has 209 valence electrons. The number of hydrogen-bond donors (Lipinski definition) is 2. The molecule has 3 fully saturated rings. The van der Waals surface area contributed by atoms with E-state index < -0.39 is 5.97 Å². The third-order valence-electron chi connectivity index (χ3n) is 8.69. The van der Waals surface area contributed by atoms with Crippen LogP contribution < -0.4 is 4.81 Å². The average Bonchev–Trinajstić information content (AvgIpc) is 3.38.